The van der Waals surface area contributed by atoms with Crippen LogP contribution in [0.25, 0.3) is 0 Å². The molecule has 2 aliphatic rings. The van der Waals surface area contributed by atoms with E-state index in [1.807, 2.05) is 23.8 Å². The van der Waals surface area contributed by atoms with Crippen molar-refractivity contribution in [3.05, 3.63) is 29.3 Å². The molecule has 2 aliphatic heterocycles. The van der Waals surface area contributed by atoms with Gasteiger partial charge in [0.15, 0.2) is 6.10 Å². The molecule has 2 saturated heterocycles. The fourth-order valence-electron chi connectivity index (χ4n) is 5.13. The summed E-state index contributed by atoms with van der Waals surface area (Å²) in [5.41, 5.74) is 2.97. The number of nitrogens with zero attached hydrogens (tertiary/aromatic N) is 2. The van der Waals surface area contributed by atoms with Gasteiger partial charge >= 0.3 is 12.3 Å². The number of ether oxygens (including phenoxy) is 1. The number of sulfonamides is 1. The highest BCUT2D eigenvalue weighted by Crippen LogP contribution is 2.40. The Morgan fingerprint density at radius 1 is 1.16 bits per heavy atom. The summed E-state index contributed by atoms with van der Waals surface area (Å²) in [5.74, 6) is -0.541. The second kappa shape index (κ2) is 12.1. The molecule has 1 aromatic carbocycles. The van der Waals surface area contributed by atoms with E-state index in [1.54, 1.807) is 0 Å². The minimum Gasteiger partial charge on any atom is -0.437 e. The second-order valence-corrected chi connectivity index (χ2v) is 12.0. The topological polar surface area (TPSA) is 108 Å². The van der Waals surface area contributed by atoms with Gasteiger partial charge in [-0.1, -0.05) is 12.1 Å². The predicted molar refractivity (Wildman–Crippen MR) is 137 cm³/mol. The summed E-state index contributed by atoms with van der Waals surface area (Å²) in [6.45, 7) is 5.55. The summed E-state index contributed by atoms with van der Waals surface area (Å²) in [5, 5.41) is 3.37. The summed E-state index contributed by atoms with van der Waals surface area (Å²) in [7, 11) is -3.57. The number of halogens is 3. The minimum absolute atomic E-state index is 0.0805. The predicted octanol–water partition coefficient (Wildman–Crippen LogP) is 3.78. The van der Waals surface area contributed by atoms with Crippen LogP contribution < -0.4 is 10.0 Å². The molecule has 1 spiro atoms. The van der Waals surface area contributed by atoms with Crippen LogP contribution in [0.5, 0.6) is 0 Å². The lowest BCUT2D eigenvalue weighted by molar-refractivity contribution is -0.200. The van der Waals surface area contributed by atoms with Gasteiger partial charge in [0, 0.05) is 43.8 Å². The second-order valence-electron chi connectivity index (χ2n) is 10.3. The molecule has 0 saturated carbocycles. The molecule has 0 bridgehead atoms. The number of carbonyl (C=O) groups excluding carboxylic acids is 2. The number of nitrogens with one attached hydrogen (secondary N) is 2. The normalized spacial score (nSPS) is 18.8. The fraction of sp³-hybridized carbons (Fsp3) is 0.680. The molecular weight excluding hydrogens is 525 g/mol. The van der Waals surface area contributed by atoms with Crippen molar-refractivity contribution in [2.24, 2.45) is 0 Å². The summed E-state index contributed by atoms with van der Waals surface area (Å²) in [6, 6.07) is 6.13. The van der Waals surface area contributed by atoms with Gasteiger partial charge in [0.2, 0.25) is 15.9 Å². The van der Waals surface area contributed by atoms with Gasteiger partial charge in [-0.25, -0.2) is 13.2 Å². The van der Waals surface area contributed by atoms with Crippen molar-refractivity contribution < 1.29 is 35.9 Å². The third-order valence-electron chi connectivity index (χ3n) is 7.25. The molecule has 13 heteroatoms. The van der Waals surface area contributed by atoms with E-state index in [2.05, 4.69) is 21.0 Å². The van der Waals surface area contributed by atoms with Gasteiger partial charge in [-0.2, -0.15) is 13.2 Å². The van der Waals surface area contributed by atoms with Crippen LogP contribution in [0, 0.1) is 6.92 Å². The lowest BCUT2D eigenvalue weighted by atomic mass is 9.84. The number of likely N-dealkylation sites (tertiary alicyclic amines) is 2. The van der Waals surface area contributed by atoms with E-state index in [4.69, 9.17) is 0 Å². The molecule has 2 amide bonds. The first-order chi connectivity index (χ1) is 17.7. The van der Waals surface area contributed by atoms with E-state index < -0.39 is 34.3 Å². The summed E-state index contributed by atoms with van der Waals surface area (Å²) in [4.78, 5) is 27.8. The van der Waals surface area contributed by atoms with Crippen molar-refractivity contribution in [1.29, 1.82) is 0 Å². The van der Waals surface area contributed by atoms with E-state index in [0.717, 1.165) is 49.4 Å². The van der Waals surface area contributed by atoms with Crippen molar-refractivity contribution in [3.63, 3.8) is 0 Å². The Hall–Kier alpha value is -2.54. The molecule has 2 heterocycles. The van der Waals surface area contributed by atoms with Gasteiger partial charge in [0.25, 0.3) is 0 Å². The molecule has 2 fully saturated rings. The van der Waals surface area contributed by atoms with Gasteiger partial charge in [-0.15, -0.1) is 0 Å². The van der Waals surface area contributed by atoms with Crippen molar-refractivity contribution >= 4 is 27.7 Å². The molecule has 0 aromatic heterocycles. The monoisotopic (exact) mass is 562 g/mol. The summed E-state index contributed by atoms with van der Waals surface area (Å²) < 4.78 is 67.3. The third kappa shape index (κ3) is 8.23. The van der Waals surface area contributed by atoms with E-state index in [0.29, 0.717) is 45.4 Å². The number of piperidine rings is 1. The Kier molecular flexibility index (Phi) is 9.56. The van der Waals surface area contributed by atoms with Crippen molar-refractivity contribution in [2.75, 3.05) is 37.8 Å². The lowest BCUT2D eigenvalue weighted by Gasteiger charge is -2.45. The third-order valence-corrected chi connectivity index (χ3v) is 7.85. The van der Waals surface area contributed by atoms with Crippen LogP contribution in [-0.4, -0.2) is 80.5 Å². The number of anilines is 1. The number of hydrogen-bond acceptors (Lipinski definition) is 7. The van der Waals surface area contributed by atoms with E-state index in [-0.39, 0.29) is 12.0 Å². The highest BCUT2D eigenvalue weighted by molar-refractivity contribution is 7.89. The maximum Gasteiger partial charge on any atom is 0.425 e. The van der Waals surface area contributed by atoms with Crippen molar-refractivity contribution in [1.82, 2.24) is 14.5 Å². The average Bonchev–Trinajstić information content (AvgIpc) is 3.18. The zero-order valence-corrected chi connectivity index (χ0v) is 22.9. The molecule has 1 atom stereocenters. The molecule has 2 N–H and O–H groups in total. The van der Waals surface area contributed by atoms with Gasteiger partial charge in [0.05, 0.1) is 6.26 Å². The first-order valence-electron chi connectivity index (χ1n) is 12.8. The maximum atomic E-state index is 12.8. The Balaban J connectivity index is 1.58. The number of carbonyl (C=O) groups is 2. The van der Waals surface area contributed by atoms with E-state index in [1.165, 1.54) is 4.90 Å². The molecular formula is C25H37F3N4O5S. The lowest BCUT2D eigenvalue weighted by Crippen LogP contribution is -2.53. The minimum atomic E-state index is -4.59. The molecule has 1 aromatic rings. The summed E-state index contributed by atoms with van der Waals surface area (Å²) >= 11 is 0. The van der Waals surface area contributed by atoms with Crippen LogP contribution in [0.2, 0.25) is 0 Å². The summed E-state index contributed by atoms with van der Waals surface area (Å²) in [6.07, 6.45) is -2.90. The van der Waals surface area contributed by atoms with Gasteiger partial charge in [0.1, 0.15) is 0 Å². The van der Waals surface area contributed by atoms with Crippen molar-refractivity contribution in [3.8, 4) is 0 Å². The Bertz CT molecular complexity index is 1100. The van der Waals surface area contributed by atoms with Crippen LogP contribution in [0.3, 0.4) is 0 Å². The van der Waals surface area contributed by atoms with E-state index in [9.17, 15) is 31.2 Å². The number of amides is 2. The maximum absolute atomic E-state index is 12.8. The molecule has 0 radical (unpaired) electrons. The first kappa shape index (κ1) is 30.0. The molecule has 214 valence electrons. The molecule has 3 rings (SSSR count). The zero-order chi connectivity index (χ0) is 28.1. The average molecular weight is 563 g/mol. The fourth-order valence-corrected chi connectivity index (χ4v) is 5.65. The number of rotatable bonds is 9. The molecule has 0 aliphatic carbocycles. The van der Waals surface area contributed by atoms with E-state index >= 15 is 0 Å². The Morgan fingerprint density at radius 3 is 2.47 bits per heavy atom. The molecule has 9 nitrogen and oxygen atoms in total. The Morgan fingerprint density at radius 2 is 1.84 bits per heavy atom. The molecule has 38 heavy (non-hydrogen) atoms. The van der Waals surface area contributed by atoms with Gasteiger partial charge < -0.3 is 15.0 Å². The van der Waals surface area contributed by atoms with Crippen molar-refractivity contribution in [2.45, 2.75) is 76.7 Å². The number of hydrogen-bond donors (Lipinski definition) is 2. The number of alkyl halides is 3. The highest BCUT2D eigenvalue weighted by atomic mass is 32.2. The zero-order valence-electron chi connectivity index (χ0n) is 22.1. The number of benzene rings is 1. The quantitative estimate of drug-likeness (QED) is 0.441. The largest absolute Gasteiger partial charge is 0.437 e. The Labute approximate surface area is 222 Å². The standard InChI is InChI=1S/C25H37F3N4O5S/c1-18-7-8-20(21(16-18)29-12-4-6-22(33)30-38(3,35)36)17-32-13-5-9-24(32)10-14-31(15-11-24)23(34)37-19(2)25(26,27)28/h7-8,16,19,29H,4-6,9-15,17H2,1-3H3,(H,30,33). The smallest absolute Gasteiger partial charge is 0.425 e. The first-order valence-corrected chi connectivity index (χ1v) is 14.7. The van der Waals surface area contributed by atoms with Gasteiger partial charge in [-0.05, 0) is 69.7 Å². The van der Waals surface area contributed by atoms with Gasteiger partial charge in [-0.3, -0.25) is 14.4 Å². The van der Waals surface area contributed by atoms with Crippen LogP contribution in [0.4, 0.5) is 23.7 Å². The van der Waals surface area contributed by atoms with Crippen LogP contribution >= 0.6 is 0 Å². The van der Waals surface area contributed by atoms with Crippen LogP contribution in [0.1, 0.15) is 56.6 Å². The van der Waals surface area contributed by atoms with Crippen LogP contribution in [-0.2, 0) is 26.1 Å². The SMILES string of the molecule is Cc1ccc(CN2CCCC23CCN(C(=O)OC(C)C(F)(F)F)CC3)c(NCCCC(=O)NS(C)(=O)=O)c1. The molecule has 1 unspecified atom stereocenters. The highest BCUT2D eigenvalue weighted by Gasteiger charge is 2.45. The van der Waals surface area contributed by atoms with Crippen LogP contribution in [0.15, 0.2) is 18.2 Å². The number of aryl methyl sites for hydroxylation is 1.